The summed E-state index contributed by atoms with van der Waals surface area (Å²) in [5.74, 6) is -0.522. The van der Waals surface area contributed by atoms with E-state index in [2.05, 4.69) is 0 Å². The maximum atomic E-state index is 13.1. The number of hydrogen-bond acceptors (Lipinski definition) is 3. The Balaban J connectivity index is 2.09. The first-order valence-electron chi connectivity index (χ1n) is 5.79. The van der Waals surface area contributed by atoms with E-state index in [0.717, 1.165) is 25.1 Å². The largest absolute Gasteiger partial charge is 0.469 e. The highest BCUT2D eigenvalue weighted by molar-refractivity contribution is 5.73. The van der Waals surface area contributed by atoms with E-state index in [-0.39, 0.29) is 17.7 Å². The molecule has 4 heteroatoms. The molecule has 1 aliphatic heterocycles. The topological polar surface area (TPSA) is 29.5 Å². The predicted molar refractivity (Wildman–Crippen MR) is 63.4 cm³/mol. The van der Waals surface area contributed by atoms with Crippen LogP contribution in [0.5, 0.6) is 0 Å². The molecule has 2 rings (SSSR count). The van der Waals surface area contributed by atoms with Crippen LogP contribution in [0.3, 0.4) is 0 Å². The van der Waals surface area contributed by atoms with Crippen LogP contribution in [0.4, 0.5) is 10.1 Å². The third-order valence-corrected chi connectivity index (χ3v) is 3.13. The van der Waals surface area contributed by atoms with Crippen LogP contribution in [-0.4, -0.2) is 26.2 Å². The fourth-order valence-electron chi connectivity index (χ4n) is 2.24. The van der Waals surface area contributed by atoms with Crippen molar-refractivity contribution >= 4 is 11.7 Å². The number of piperidine rings is 1. The molecule has 1 heterocycles. The van der Waals surface area contributed by atoms with Crippen LogP contribution >= 0.6 is 0 Å². The van der Waals surface area contributed by atoms with Gasteiger partial charge in [-0.25, -0.2) is 4.39 Å². The van der Waals surface area contributed by atoms with E-state index in [9.17, 15) is 9.18 Å². The molecule has 92 valence electrons. The van der Waals surface area contributed by atoms with E-state index in [0.29, 0.717) is 6.54 Å². The first-order chi connectivity index (χ1) is 8.20. The molecule has 1 unspecified atom stereocenters. The zero-order chi connectivity index (χ0) is 12.3. The van der Waals surface area contributed by atoms with Gasteiger partial charge >= 0.3 is 5.97 Å². The van der Waals surface area contributed by atoms with Crippen LogP contribution in [0, 0.1) is 11.7 Å². The monoisotopic (exact) mass is 237 g/mol. The number of nitrogens with zero attached hydrogens (tertiary/aromatic N) is 1. The van der Waals surface area contributed by atoms with Gasteiger partial charge in [0.2, 0.25) is 0 Å². The van der Waals surface area contributed by atoms with Crippen LogP contribution in [0.15, 0.2) is 24.3 Å². The molecule has 0 aromatic heterocycles. The number of benzene rings is 1. The summed E-state index contributed by atoms with van der Waals surface area (Å²) in [6.07, 6.45) is 1.77. The lowest BCUT2D eigenvalue weighted by atomic mass is 9.98. The minimum atomic E-state index is -0.248. The van der Waals surface area contributed by atoms with Crippen molar-refractivity contribution in [2.45, 2.75) is 12.8 Å². The highest BCUT2D eigenvalue weighted by Gasteiger charge is 2.26. The quantitative estimate of drug-likeness (QED) is 0.739. The number of halogens is 1. The van der Waals surface area contributed by atoms with E-state index in [4.69, 9.17) is 4.74 Å². The first kappa shape index (κ1) is 11.9. The summed E-state index contributed by atoms with van der Waals surface area (Å²) >= 11 is 0. The molecule has 0 saturated carbocycles. The molecular formula is C13H16FNO2. The number of rotatable bonds is 2. The number of carbonyl (C=O) groups excluding carboxylic acids is 1. The molecule has 17 heavy (non-hydrogen) atoms. The van der Waals surface area contributed by atoms with Crippen molar-refractivity contribution in [3.8, 4) is 0 Å². The van der Waals surface area contributed by atoms with Gasteiger partial charge in [-0.05, 0) is 31.0 Å². The predicted octanol–water partition coefficient (Wildman–Crippen LogP) is 2.22. The Morgan fingerprint density at radius 2 is 2.35 bits per heavy atom. The van der Waals surface area contributed by atoms with Crippen LogP contribution in [-0.2, 0) is 9.53 Å². The summed E-state index contributed by atoms with van der Waals surface area (Å²) in [5, 5.41) is 0. The molecule has 0 bridgehead atoms. The average molecular weight is 237 g/mol. The Kier molecular flexibility index (Phi) is 3.61. The van der Waals surface area contributed by atoms with Gasteiger partial charge in [0.1, 0.15) is 5.82 Å². The van der Waals surface area contributed by atoms with Crippen molar-refractivity contribution in [1.29, 1.82) is 0 Å². The number of esters is 1. The fraction of sp³-hybridized carbons (Fsp3) is 0.462. The fourth-order valence-corrected chi connectivity index (χ4v) is 2.24. The van der Waals surface area contributed by atoms with Gasteiger partial charge in [0.25, 0.3) is 0 Å². The zero-order valence-corrected chi connectivity index (χ0v) is 9.86. The molecule has 1 aromatic carbocycles. The summed E-state index contributed by atoms with van der Waals surface area (Å²) in [7, 11) is 1.41. The summed E-state index contributed by atoms with van der Waals surface area (Å²) in [6, 6.07) is 6.47. The molecule has 0 radical (unpaired) electrons. The zero-order valence-electron chi connectivity index (χ0n) is 9.86. The Labute approximate surface area is 100 Å². The molecule has 0 aliphatic carbocycles. The second kappa shape index (κ2) is 5.17. The second-order valence-electron chi connectivity index (χ2n) is 4.29. The van der Waals surface area contributed by atoms with E-state index >= 15 is 0 Å². The molecule has 0 N–H and O–H groups in total. The van der Waals surface area contributed by atoms with Crippen molar-refractivity contribution in [3.05, 3.63) is 30.1 Å². The molecule has 0 amide bonds. The third kappa shape index (κ3) is 2.75. The minimum Gasteiger partial charge on any atom is -0.469 e. The summed E-state index contributed by atoms with van der Waals surface area (Å²) < 4.78 is 17.9. The standard InChI is InChI=1S/C13H16FNO2/c1-17-13(16)10-4-3-7-15(9-10)12-6-2-5-11(14)8-12/h2,5-6,8,10H,3-4,7,9H2,1H3. The van der Waals surface area contributed by atoms with Crippen LogP contribution in [0.1, 0.15) is 12.8 Å². The first-order valence-corrected chi connectivity index (χ1v) is 5.79. The molecule has 1 fully saturated rings. The van der Waals surface area contributed by atoms with Crippen LogP contribution in [0.2, 0.25) is 0 Å². The van der Waals surface area contributed by atoms with Gasteiger partial charge in [-0.2, -0.15) is 0 Å². The van der Waals surface area contributed by atoms with E-state index in [1.165, 1.54) is 19.2 Å². The molecule has 3 nitrogen and oxygen atoms in total. The maximum absolute atomic E-state index is 13.1. The average Bonchev–Trinajstić information content (AvgIpc) is 2.38. The van der Waals surface area contributed by atoms with Gasteiger partial charge in [-0.3, -0.25) is 4.79 Å². The van der Waals surface area contributed by atoms with Crippen molar-refractivity contribution in [1.82, 2.24) is 0 Å². The van der Waals surface area contributed by atoms with E-state index in [1.807, 2.05) is 11.0 Å². The molecule has 1 aliphatic rings. The van der Waals surface area contributed by atoms with Gasteiger partial charge < -0.3 is 9.64 Å². The Bertz CT molecular complexity index is 408. The van der Waals surface area contributed by atoms with Crippen molar-refractivity contribution in [2.24, 2.45) is 5.92 Å². The SMILES string of the molecule is COC(=O)C1CCCN(c2cccc(F)c2)C1. The Morgan fingerprint density at radius 1 is 1.53 bits per heavy atom. The van der Waals surface area contributed by atoms with Crippen molar-refractivity contribution < 1.29 is 13.9 Å². The Hall–Kier alpha value is -1.58. The van der Waals surface area contributed by atoms with Crippen LogP contribution in [0.25, 0.3) is 0 Å². The van der Waals surface area contributed by atoms with Crippen LogP contribution < -0.4 is 4.90 Å². The number of methoxy groups -OCH3 is 1. The lowest BCUT2D eigenvalue weighted by Gasteiger charge is -2.33. The summed E-state index contributed by atoms with van der Waals surface area (Å²) in [5.41, 5.74) is 0.832. The lowest BCUT2D eigenvalue weighted by Crippen LogP contribution is -2.39. The number of ether oxygens (including phenoxy) is 1. The van der Waals surface area contributed by atoms with Gasteiger partial charge in [0, 0.05) is 18.8 Å². The number of hydrogen-bond donors (Lipinski definition) is 0. The smallest absolute Gasteiger partial charge is 0.310 e. The van der Waals surface area contributed by atoms with Crippen molar-refractivity contribution in [2.75, 3.05) is 25.1 Å². The lowest BCUT2D eigenvalue weighted by molar-refractivity contribution is -0.145. The second-order valence-corrected chi connectivity index (χ2v) is 4.29. The van der Waals surface area contributed by atoms with Gasteiger partial charge in [0.15, 0.2) is 0 Å². The molecular weight excluding hydrogens is 221 g/mol. The minimum absolute atomic E-state index is 0.1000. The van der Waals surface area contributed by atoms with E-state index in [1.54, 1.807) is 6.07 Å². The number of anilines is 1. The number of carbonyl (C=O) groups is 1. The molecule has 1 saturated heterocycles. The third-order valence-electron chi connectivity index (χ3n) is 3.13. The Morgan fingerprint density at radius 3 is 3.06 bits per heavy atom. The normalized spacial score (nSPS) is 20.1. The molecule has 1 aromatic rings. The van der Waals surface area contributed by atoms with Crippen molar-refractivity contribution in [3.63, 3.8) is 0 Å². The van der Waals surface area contributed by atoms with Gasteiger partial charge in [0.05, 0.1) is 13.0 Å². The van der Waals surface area contributed by atoms with Gasteiger partial charge in [-0.1, -0.05) is 6.07 Å². The molecule has 1 atom stereocenters. The van der Waals surface area contributed by atoms with E-state index < -0.39 is 0 Å². The summed E-state index contributed by atoms with van der Waals surface area (Å²) in [4.78, 5) is 13.5. The summed E-state index contributed by atoms with van der Waals surface area (Å²) in [6.45, 7) is 1.47. The maximum Gasteiger partial charge on any atom is 0.310 e. The highest BCUT2D eigenvalue weighted by Crippen LogP contribution is 2.24. The van der Waals surface area contributed by atoms with Gasteiger partial charge in [-0.15, -0.1) is 0 Å². The highest BCUT2D eigenvalue weighted by atomic mass is 19.1. The molecule has 0 spiro atoms.